The monoisotopic (exact) mass is 617 g/mol. The molecule has 218 valence electrons. The van der Waals surface area contributed by atoms with Gasteiger partial charge in [-0.3, -0.25) is 9.59 Å². The Labute approximate surface area is 244 Å². The molecule has 1 fully saturated rings. The largest absolute Gasteiger partial charge is 0.448 e. The second kappa shape index (κ2) is 11.5. The normalized spacial score (nSPS) is 19.1. The molecule has 2 N–H and O–H groups in total. The number of rotatable bonds is 6. The van der Waals surface area contributed by atoms with Gasteiger partial charge in [0.2, 0.25) is 0 Å². The smallest absolute Gasteiger partial charge is 0.410 e. The highest BCUT2D eigenvalue weighted by Gasteiger charge is 2.47. The minimum Gasteiger partial charge on any atom is -0.448 e. The van der Waals surface area contributed by atoms with Crippen molar-refractivity contribution in [2.24, 2.45) is 5.92 Å². The molecule has 2 aliphatic rings. The maximum atomic E-state index is 13.3. The Kier molecular flexibility index (Phi) is 8.59. The molecule has 1 atom stereocenters. The van der Waals surface area contributed by atoms with E-state index >= 15 is 0 Å². The third-order valence-electron chi connectivity index (χ3n) is 7.49. The van der Waals surface area contributed by atoms with E-state index in [9.17, 15) is 14.4 Å². The third kappa shape index (κ3) is 6.32. The Bertz CT molecular complexity index is 1360. The number of halogens is 1. The summed E-state index contributed by atoms with van der Waals surface area (Å²) < 4.78 is 19.0. The summed E-state index contributed by atoms with van der Waals surface area (Å²) >= 11 is 3.57. The molecule has 2 aromatic rings. The van der Waals surface area contributed by atoms with Gasteiger partial charge in [0.25, 0.3) is 17.3 Å². The van der Waals surface area contributed by atoms with E-state index < -0.39 is 11.4 Å². The van der Waals surface area contributed by atoms with Crippen LogP contribution in [0.25, 0.3) is 0 Å². The Balaban J connectivity index is 1.47. The zero-order valence-electron chi connectivity index (χ0n) is 24.5. The van der Waals surface area contributed by atoms with Crippen LogP contribution in [0.15, 0.2) is 21.4 Å². The van der Waals surface area contributed by atoms with Gasteiger partial charge in [0.1, 0.15) is 5.60 Å². The number of nitrogens with zero attached hydrogens (tertiary/aromatic N) is 1. The maximum Gasteiger partial charge on any atom is 0.410 e. The molecule has 1 aromatic carbocycles. The van der Waals surface area contributed by atoms with Crippen molar-refractivity contribution in [1.82, 2.24) is 15.2 Å². The molecule has 0 saturated carbocycles. The van der Waals surface area contributed by atoms with Gasteiger partial charge >= 0.3 is 6.09 Å². The standard InChI is InChI=1S/C30H40BrN3O6/c1-8-9-19-14-17(2)33-27(36)22(19)16-32-26(35)21-15-23(31)25-24(18(21)3)38-30(7,39-25)20-10-12-34(13-11-20)28(37)40-29(4,5)6/h14-15,20H,8-13,16H2,1-7H3,(H,32,35)(H,33,36)/t30-/m1/s1. The molecular weight excluding hydrogens is 578 g/mol. The minimum atomic E-state index is -0.936. The number of ether oxygens (including phenoxy) is 3. The number of hydrogen-bond donors (Lipinski definition) is 2. The Hall–Kier alpha value is -3.01. The van der Waals surface area contributed by atoms with Gasteiger partial charge in [-0.1, -0.05) is 13.3 Å². The third-order valence-corrected chi connectivity index (χ3v) is 8.08. The van der Waals surface area contributed by atoms with Gasteiger partial charge in [-0.25, -0.2) is 4.79 Å². The number of carbonyl (C=O) groups is 2. The highest BCUT2D eigenvalue weighted by Crippen LogP contribution is 2.51. The van der Waals surface area contributed by atoms with Crippen LogP contribution < -0.4 is 20.3 Å². The molecule has 2 aliphatic heterocycles. The van der Waals surface area contributed by atoms with Gasteiger partial charge in [-0.15, -0.1) is 0 Å². The molecular formula is C30H40BrN3O6. The number of piperidine rings is 1. The SMILES string of the molecule is CCCc1cc(C)[nH]c(=O)c1CNC(=O)c1cc(Br)c2c(c1C)O[C@@](C)(C1CCN(C(=O)OC(C)(C)C)CC1)O2. The minimum absolute atomic E-state index is 0.0346. The van der Waals surface area contributed by atoms with E-state index in [1.54, 1.807) is 11.0 Å². The van der Waals surface area contributed by atoms with Gasteiger partial charge in [-0.2, -0.15) is 0 Å². The van der Waals surface area contributed by atoms with Gasteiger partial charge in [0.15, 0.2) is 11.5 Å². The molecule has 1 aromatic heterocycles. The zero-order chi connectivity index (χ0) is 29.4. The molecule has 0 aliphatic carbocycles. The van der Waals surface area contributed by atoms with Crippen molar-refractivity contribution in [3.63, 3.8) is 0 Å². The number of carbonyl (C=O) groups excluding carboxylic acids is 2. The van der Waals surface area contributed by atoms with Gasteiger partial charge in [-0.05, 0) is 87.5 Å². The molecule has 10 heteroatoms. The van der Waals surface area contributed by atoms with Crippen LogP contribution in [0.1, 0.15) is 86.6 Å². The average Bonchev–Trinajstić information content (AvgIpc) is 3.24. The number of pyridine rings is 1. The van der Waals surface area contributed by atoms with Crippen molar-refractivity contribution in [3.05, 3.63) is 54.9 Å². The van der Waals surface area contributed by atoms with Crippen LogP contribution in [0, 0.1) is 19.8 Å². The molecule has 0 radical (unpaired) electrons. The molecule has 0 spiro atoms. The number of aryl methyl sites for hydroxylation is 2. The number of benzene rings is 1. The number of hydrogen-bond acceptors (Lipinski definition) is 6. The van der Waals surface area contributed by atoms with Gasteiger partial charge in [0.05, 0.1) is 4.47 Å². The van der Waals surface area contributed by atoms with E-state index in [4.69, 9.17) is 14.2 Å². The number of fused-ring (bicyclic) bond motifs is 1. The summed E-state index contributed by atoms with van der Waals surface area (Å²) in [6, 6.07) is 3.70. The number of H-pyrrole nitrogens is 1. The highest BCUT2D eigenvalue weighted by atomic mass is 79.9. The lowest BCUT2D eigenvalue weighted by Gasteiger charge is -2.39. The fourth-order valence-electron chi connectivity index (χ4n) is 5.40. The summed E-state index contributed by atoms with van der Waals surface area (Å²) in [5.74, 6) is -0.115. The molecule has 9 nitrogen and oxygen atoms in total. The Morgan fingerprint density at radius 3 is 2.45 bits per heavy atom. The first-order valence-corrected chi connectivity index (χ1v) is 14.7. The fourth-order valence-corrected chi connectivity index (χ4v) is 5.89. The van der Waals surface area contributed by atoms with Crippen LogP contribution in [0.2, 0.25) is 0 Å². The second-order valence-electron chi connectivity index (χ2n) is 11.9. The first kappa shape index (κ1) is 30.0. The molecule has 40 heavy (non-hydrogen) atoms. The Morgan fingerprint density at radius 2 is 1.82 bits per heavy atom. The van der Waals surface area contributed by atoms with E-state index in [1.807, 2.05) is 47.6 Å². The van der Waals surface area contributed by atoms with Gasteiger partial charge in [0, 0.05) is 54.9 Å². The van der Waals surface area contributed by atoms with Crippen LogP contribution in [-0.2, 0) is 17.7 Å². The number of aromatic amines is 1. The van der Waals surface area contributed by atoms with Crippen molar-refractivity contribution in [2.45, 2.75) is 92.1 Å². The fraction of sp³-hybridized carbons (Fsp3) is 0.567. The maximum absolute atomic E-state index is 13.3. The van der Waals surface area contributed by atoms with E-state index in [0.717, 1.165) is 24.1 Å². The second-order valence-corrected chi connectivity index (χ2v) is 12.7. The molecule has 2 amide bonds. The van der Waals surface area contributed by atoms with Crippen LogP contribution in [0.5, 0.6) is 11.5 Å². The summed E-state index contributed by atoms with van der Waals surface area (Å²) in [6.45, 7) is 14.5. The predicted octanol–water partition coefficient (Wildman–Crippen LogP) is 5.77. The van der Waals surface area contributed by atoms with E-state index in [2.05, 4.69) is 33.2 Å². The quantitative estimate of drug-likeness (QED) is 0.426. The number of amides is 2. The van der Waals surface area contributed by atoms with E-state index in [1.165, 1.54) is 0 Å². The van der Waals surface area contributed by atoms with Crippen LogP contribution >= 0.6 is 15.9 Å². The van der Waals surface area contributed by atoms with E-state index in [-0.39, 0.29) is 30.0 Å². The molecule has 0 unspecified atom stereocenters. The lowest BCUT2D eigenvalue weighted by Crippen LogP contribution is -2.50. The molecule has 3 heterocycles. The lowest BCUT2D eigenvalue weighted by molar-refractivity contribution is -0.124. The first-order valence-electron chi connectivity index (χ1n) is 13.9. The summed E-state index contributed by atoms with van der Waals surface area (Å²) in [5.41, 5.74) is 2.71. The van der Waals surface area contributed by atoms with Crippen LogP contribution in [0.4, 0.5) is 4.79 Å². The molecule has 0 bridgehead atoms. The molecule has 4 rings (SSSR count). The summed E-state index contributed by atoms with van der Waals surface area (Å²) in [4.78, 5) is 43.0. The molecule has 1 saturated heterocycles. The Morgan fingerprint density at radius 1 is 1.18 bits per heavy atom. The van der Waals surface area contributed by atoms with E-state index in [0.29, 0.717) is 58.6 Å². The number of nitrogens with one attached hydrogen (secondary N) is 2. The van der Waals surface area contributed by atoms with Gasteiger partial charge < -0.3 is 29.4 Å². The van der Waals surface area contributed by atoms with Crippen LogP contribution in [-0.4, -0.2) is 46.4 Å². The van der Waals surface area contributed by atoms with Crippen molar-refractivity contribution < 1.29 is 23.8 Å². The van der Waals surface area contributed by atoms with Crippen molar-refractivity contribution in [3.8, 4) is 11.5 Å². The lowest BCUT2D eigenvalue weighted by atomic mass is 9.89. The number of aromatic nitrogens is 1. The summed E-state index contributed by atoms with van der Waals surface area (Å²) in [5, 5.41) is 2.92. The van der Waals surface area contributed by atoms with Crippen molar-refractivity contribution in [2.75, 3.05) is 13.1 Å². The summed E-state index contributed by atoms with van der Waals surface area (Å²) in [7, 11) is 0. The average molecular weight is 619 g/mol. The topological polar surface area (TPSA) is 110 Å². The predicted molar refractivity (Wildman–Crippen MR) is 156 cm³/mol. The summed E-state index contributed by atoms with van der Waals surface area (Å²) in [6.07, 6.45) is 2.74. The van der Waals surface area contributed by atoms with Crippen LogP contribution in [0.3, 0.4) is 0 Å². The zero-order valence-corrected chi connectivity index (χ0v) is 26.0. The van der Waals surface area contributed by atoms with Crippen molar-refractivity contribution >= 4 is 27.9 Å². The number of likely N-dealkylation sites (tertiary alicyclic amines) is 1. The highest BCUT2D eigenvalue weighted by molar-refractivity contribution is 9.10. The first-order chi connectivity index (χ1) is 18.7. The van der Waals surface area contributed by atoms with Crippen molar-refractivity contribution in [1.29, 1.82) is 0 Å².